The van der Waals surface area contributed by atoms with Crippen molar-refractivity contribution >= 4 is 27.4 Å². The van der Waals surface area contributed by atoms with Gasteiger partial charge in [0.2, 0.25) is 15.9 Å². The van der Waals surface area contributed by atoms with Gasteiger partial charge in [-0.2, -0.15) is 17.5 Å². The van der Waals surface area contributed by atoms with Crippen molar-refractivity contribution in [3.63, 3.8) is 0 Å². The van der Waals surface area contributed by atoms with Gasteiger partial charge in [0.05, 0.1) is 17.1 Å². The molecular formula is C20H25F3N4O5S. The summed E-state index contributed by atoms with van der Waals surface area (Å²) in [5, 5.41) is 8.74. The van der Waals surface area contributed by atoms with Crippen molar-refractivity contribution in [3.05, 3.63) is 30.0 Å². The van der Waals surface area contributed by atoms with Crippen molar-refractivity contribution in [3.8, 4) is 5.75 Å². The SMILES string of the molecule is Cc1cc(NC(=O)CNc2cc(S(=O)(=O)N3CCCCCC3)ccc2OCC(F)(F)F)no1. The summed E-state index contributed by atoms with van der Waals surface area (Å²) in [6, 6.07) is 5.02. The molecule has 1 aromatic carbocycles. The van der Waals surface area contributed by atoms with Crippen molar-refractivity contribution in [2.45, 2.75) is 43.7 Å². The van der Waals surface area contributed by atoms with Gasteiger partial charge in [0.1, 0.15) is 11.5 Å². The molecule has 3 rings (SSSR count). The fourth-order valence-corrected chi connectivity index (χ4v) is 4.86. The van der Waals surface area contributed by atoms with Crippen LogP contribution in [0.5, 0.6) is 5.75 Å². The van der Waals surface area contributed by atoms with E-state index in [0.717, 1.165) is 31.7 Å². The number of rotatable bonds is 8. The van der Waals surface area contributed by atoms with E-state index in [0.29, 0.717) is 18.8 Å². The molecule has 0 aliphatic carbocycles. The number of hydrogen-bond acceptors (Lipinski definition) is 7. The summed E-state index contributed by atoms with van der Waals surface area (Å²) in [5.41, 5.74) is -0.0540. The first kappa shape index (κ1) is 24.8. The number of carbonyl (C=O) groups is 1. The Balaban J connectivity index is 1.80. The topological polar surface area (TPSA) is 114 Å². The summed E-state index contributed by atoms with van der Waals surface area (Å²) >= 11 is 0. The maximum atomic E-state index is 13.1. The summed E-state index contributed by atoms with van der Waals surface area (Å²) < 4.78 is 75.2. The summed E-state index contributed by atoms with van der Waals surface area (Å²) in [4.78, 5) is 12.1. The number of benzene rings is 1. The maximum Gasteiger partial charge on any atom is 0.422 e. The van der Waals surface area contributed by atoms with Crippen LogP contribution < -0.4 is 15.4 Å². The highest BCUT2D eigenvalue weighted by molar-refractivity contribution is 7.89. The van der Waals surface area contributed by atoms with Crippen LogP contribution in [0.4, 0.5) is 24.7 Å². The maximum absolute atomic E-state index is 13.1. The Hall–Kier alpha value is -2.80. The quantitative estimate of drug-likeness (QED) is 0.582. The van der Waals surface area contributed by atoms with Crippen LogP contribution in [0.1, 0.15) is 31.4 Å². The third kappa shape index (κ3) is 7.09. The number of nitrogens with zero attached hydrogens (tertiary/aromatic N) is 2. The first-order valence-electron chi connectivity index (χ1n) is 10.4. The summed E-state index contributed by atoms with van der Waals surface area (Å²) in [5.74, 6) is -0.143. The number of carbonyl (C=O) groups excluding carboxylic acids is 1. The summed E-state index contributed by atoms with van der Waals surface area (Å²) in [6.07, 6.45) is -1.25. The van der Waals surface area contributed by atoms with E-state index in [9.17, 15) is 26.4 Å². The Morgan fingerprint density at radius 2 is 1.88 bits per heavy atom. The van der Waals surface area contributed by atoms with Gasteiger partial charge in [0.15, 0.2) is 12.4 Å². The molecule has 0 spiro atoms. The molecule has 2 heterocycles. The standard InChI is InChI=1S/C20H25F3N4O5S/c1-14-10-18(26-32-14)25-19(28)12-24-16-11-15(6-7-17(16)31-13-20(21,22)23)33(29,30)27-8-4-2-3-5-9-27/h6-7,10-11,24H,2-5,8-9,12-13H2,1H3,(H,25,26,28). The van der Waals surface area contributed by atoms with Crippen molar-refractivity contribution in [2.24, 2.45) is 0 Å². The van der Waals surface area contributed by atoms with E-state index in [1.807, 2.05) is 0 Å². The molecule has 1 aliphatic heterocycles. The molecule has 1 saturated heterocycles. The van der Waals surface area contributed by atoms with Gasteiger partial charge < -0.3 is 19.9 Å². The highest BCUT2D eigenvalue weighted by Crippen LogP contribution is 2.31. The minimum Gasteiger partial charge on any atom is -0.482 e. The second-order valence-corrected chi connectivity index (χ2v) is 9.54. The normalized spacial score (nSPS) is 15.6. The number of hydrogen-bond donors (Lipinski definition) is 2. The average Bonchev–Trinajstić information content (AvgIpc) is 2.98. The molecule has 1 aromatic heterocycles. The van der Waals surface area contributed by atoms with Gasteiger partial charge in [-0.15, -0.1) is 0 Å². The van der Waals surface area contributed by atoms with Crippen molar-refractivity contribution in [1.82, 2.24) is 9.46 Å². The Bertz CT molecular complexity index is 1060. The molecule has 1 amide bonds. The molecule has 1 fully saturated rings. The van der Waals surface area contributed by atoms with Crippen LogP contribution in [0, 0.1) is 6.92 Å². The molecule has 2 N–H and O–H groups in total. The minimum atomic E-state index is -4.59. The number of halogens is 3. The molecule has 33 heavy (non-hydrogen) atoms. The zero-order valence-corrected chi connectivity index (χ0v) is 18.8. The molecule has 1 aliphatic rings. The lowest BCUT2D eigenvalue weighted by Gasteiger charge is -2.21. The van der Waals surface area contributed by atoms with Gasteiger partial charge in [-0.05, 0) is 38.0 Å². The van der Waals surface area contributed by atoms with Crippen LogP contribution in [0.25, 0.3) is 0 Å². The molecule has 0 atom stereocenters. The molecule has 13 heteroatoms. The van der Waals surface area contributed by atoms with Crippen molar-refractivity contribution in [1.29, 1.82) is 0 Å². The number of aromatic nitrogens is 1. The number of alkyl halides is 3. The van der Waals surface area contributed by atoms with Crippen molar-refractivity contribution < 1.29 is 35.6 Å². The van der Waals surface area contributed by atoms with Crippen LogP contribution >= 0.6 is 0 Å². The fourth-order valence-electron chi connectivity index (χ4n) is 3.31. The Labute approximate surface area is 189 Å². The third-order valence-corrected chi connectivity index (χ3v) is 6.77. The number of anilines is 2. The predicted octanol–water partition coefficient (Wildman–Crippen LogP) is 3.54. The number of aryl methyl sites for hydroxylation is 1. The number of ether oxygens (including phenoxy) is 1. The zero-order valence-electron chi connectivity index (χ0n) is 17.9. The van der Waals surface area contributed by atoms with Crippen LogP contribution in [0.3, 0.4) is 0 Å². The number of sulfonamides is 1. The van der Waals surface area contributed by atoms with E-state index in [1.165, 1.54) is 22.5 Å². The van der Waals surface area contributed by atoms with Crippen LogP contribution in [-0.2, 0) is 14.8 Å². The Morgan fingerprint density at radius 3 is 2.48 bits per heavy atom. The lowest BCUT2D eigenvalue weighted by atomic mass is 10.2. The van der Waals surface area contributed by atoms with E-state index < -0.39 is 28.7 Å². The van der Waals surface area contributed by atoms with Crippen LogP contribution in [-0.4, -0.2) is 56.2 Å². The summed E-state index contributed by atoms with van der Waals surface area (Å²) in [6.45, 7) is 0.446. The average molecular weight is 491 g/mol. The number of amides is 1. The highest BCUT2D eigenvalue weighted by atomic mass is 32.2. The second kappa shape index (κ2) is 10.4. The molecular weight excluding hydrogens is 465 g/mol. The van der Waals surface area contributed by atoms with Gasteiger partial charge in [0.25, 0.3) is 0 Å². The molecule has 0 bridgehead atoms. The van der Waals surface area contributed by atoms with Crippen LogP contribution in [0.2, 0.25) is 0 Å². The molecule has 0 radical (unpaired) electrons. The minimum absolute atomic E-state index is 0.0540. The van der Waals surface area contributed by atoms with E-state index in [2.05, 4.69) is 15.8 Å². The molecule has 9 nitrogen and oxygen atoms in total. The lowest BCUT2D eigenvalue weighted by Crippen LogP contribution is -2.32. The Kier molecular flexibility index (Phi) is 7.84. The second-order valence-electron chi connectivity index (χ2n) is 7.60. The van der Waals surface area contributed by atoms with Gasteiger partial charge in [-0.25, -0.2) is 8.42 Å². The summed E-state index contributed by atoms with van der Waals surface area (Å²) in [7, 11) is -3.86. The smallest absolute Gasteiger partial charge is 0.422 e. The molecule has 182 valence electrons. The zero-order chi connectivity index (χ0) is 24.1. The molecule has 0 saturated carbocycles. The highest BCUT2D eigenvalue weighted by Gasteiger charge is 2.30. The number of nitrogens with one attached hydrogen (secondary N) is 2. The monoisotopic (exact) mass is 490 g/mol. The van der Waals surface area contributed by atoms with Gasteiger partial charge in [-0.1, -0.05) is 18.0 Å². The van der Waals surface area contributed by atoms with E-state index in [1.54, 1.807) is 6.92 Å². The first-order valence-corrected chi connectivity index (χ1v) is 11.8. The van der Waals surface area contributed by atoms with Gasteiger partial charge >= 0.3 is 6.18 Å². The lowest BCUT2D eigenvalue weighted by molar-refractivity contribution is -0.153. The predicted molar refractivity (Wildman–Crippen MR) is 114 cm³/mol. The van der Waals surface area contributed by atoms with Gasteiger partial charge in [-0.3, -0.25) is 4.79 Å². The fraction of sp³-hybridized carbons (Fsp3) is 0.500. The van der Waals surface area contributed by atoms with Crippen LogP contribution in [0.15, 0.2) is 33.7 Å². The van der Waals surface area contributed by atoms with E-state index in [4.69, 9.17) is 9.26 Å². The van der Waals surface area contributed by atoms with Crippen molar-refractivity contribution in [2.75, 3.05) is 36.9 Å². The van der Waals surface area contributed by atoms with E-state index >= 15 is 0 Å². The third-order valence-electron chi connectivity index (χ3n) is 4.88. The molecule has 0 unspecified atom stereocenters. The first-order chi connectivity index (χ1) is 15.5. The largest absolute Gasteiger partial charge is 0.482 e. The van der Waals surface area contributed by atoms with Gasteiger partial charge in [0, 0.05) is 19.2 Å². The molecule has 2 aromatic rings. The van der Waals surface area contributed by atoms with E-state index in [-0.39, 0.29) is 28.7 Å². The Morgan fingerprint density at radius 1 is 1.18 bits per heavy atom.